The third-order valence-corrected chi connectivity index (χ3v) is 5.30. The molecule has 0 bridgehead atoms. The Balaban J connectivity index is 1.35. The molecule has 2 aliphatic rings. The molecule has 0 radical (unpaired) electrons. The minimum Gasteiger partial charge on any atom is -0.497 e. The van der Waals surface area contributed by atoms with Crippen molar-refractivity contribution < 1.29 is 14.2 Å². The van der Waals surface area contributed by atoms with Crippen LogP contribution in [-0.4, -0.2) is 48.4 Å². The number of hydrogen-bond acceptors (Lipinski definition) is 5. The Labute approximate surface area is 154 Å². The molecule has 4 rings (SSSR count). The van der Waals surface area contributed by atoms with Crippen LogP contribution in [0, 0.1) is 0 Å². The molecule has 0 amide bonds. The molecule has 5 heteroatoms. The van der Waals surface area contributed by atoms with Crippen LogP contribution >= 0.6 is 0 Å². The number of likely N-dealkylation sites (tertiary alicyclic amines) is 1. The topological polar surface area (TPSA) is 43.8 Å². The van der Waals surface area contributed by atoms with E-state index in [0.717, 1.165) is 50.4 Å². The van der Waals surface area contributed by atoms with Crippen molar-refractivity contribution in [2.45, 2.75) is 37.5 Å². The van der Waals surface area contributed by atoms with E-state index in [0.29, 0.717) is 6.61 Å². The molecule has 0 unspecified atom stereocenters. The normalized spacial score (nSPS) is 26.1. The van der Waals surface area contributed by atoms with Gasteiger partial charge >= 0.3 is 0 Å². The molecular weight excluding hydrogens is 328 g/mol. The van der Waals surface area contributed by atoms with Crippen molar-refractivity contribution in [2.75, 3.05) is 26.8 Å². The largest absolute Gasteiger partial charge is 0.497 e. The van der Waals surface area contributed by atoms with E-state index in [4.69, 9.17) is 14.2 Å². The van der Waals surface area contributed by atoms with Gasteiger partial charge in [-0.15, -0.1) is 0 Å². The summed E-state index contributed by atoms with van der Waals surface area (Å²) in [4.78, 5) is 6.62. The van der Waals surface area contributed by atoms with E-state index in [1.807, 2.05) is 24.3 Å². The van der Waals surface area contributed by atoms with Crippen LogP contribution in [0.2, 0.25) is 0 Å². The molecule has 0 aliphatic carbocycles. The molecular formula is C21H26N2O3. The monoisotopic (exact) mass is 354 g/mol. The van der Waals surface area contributed by atoms with Gasteiger partial charge in [-0.1, -0.05) is 12.1 Å². The fourth-order valence-electron chi connectivity index (χ4n) is 4.09. The van der Waals surface area contributed by atoms with Gasteiger partial charge in [0.1, 0.15) is 17.6 Å². The molecule has 2 saturated heterocycles. The maximum atomic E-state index is 6.26. The summed E-state index contributed by atoms with van der Waals surface area (Å²) in [5, 5.41) is 0. The molecule has 2 fully saturated rings. The molecule has 2 aliphatic heterocycles. The van der Waals surface area contributed by atoms with Gasteiger partial charge in [-0.25, -0.2) is 0 Å². The molecule has 1 spiro atoms. The quantitative estimate of drug-likeness (QED) is 0.824. The van der Waals surface area contributed by atoms with Crippen molar-refractivity contribution in [2.24, 2.45) is 0 Å². The summed E-state index contributed by atoms with van der Waals surface area (Å²) in [7, 11) is 1.70. The van der Waals surface area contributed by atoms with Crippen molar-refractivity contribution in [3.05, 3.63) is 54.4 Å². The summed E-state index contributed by atoms with van der Waals surface area (Å²) in [6.45, 7) is 3.69. The first-order chi connectivity index (χ1) is 12.7. The lowest BCUT2D eigenvalue weighted by Crippen LogP contribution is -2.47. The number of hydrogen-bond donors (Lipinski definition) is 0. The lowest BCUT2D eigenvalue weighted by molar-refractivity contribution is -0.0538. The second-order valence-corrected chi connectivity index (χ2v) is 7.29. The Morgan fingerprint density at radius 1 is 1.23 bits per heavy atom. The zero-order valence-corrected chi connectivity index (χ0v) is 15.3. The Hall–Kier alpha value is -2.11. The van der Waals surface area contributed by atoms with Crippen LogP contribution < -0.4 is 9.47 Å². The molecule has 3 heterocycles. The van der Waals surface area contributed by atoms with E-state index < -0.39 is 0 Å². The van der Waals surface area contributed by atoms with Crippen LogP contribution in [0.1, 0.15) is 24.8 Å². The van der Waals surface area contributed by atoms with Crippen molar-refractivity contribution in [3.63, 3.8) is 0 Å². The first kappa shape index (κ1) is 17.3. The second-order valence-electron chi connectivity index (χ2n) is 7.29. The number of ether oxygens (including phenoxy) is 3. The van der Waals surface area contributed by atoms with Gasteiger partial charge in [0.25, 0.3) is 0 Å². The van der Waals surface area contributed by atoms with Gasteiger partial charge in [-0.3, -0.25) is 9.88 Å². The molecule has 0 N–H and O–H groups in total. The van der Waals surface area contributed by atoms with E-state index in [9.17, 15) is 0 Å². The highest BCUT2D eigenvalue weighted by Crippen LogP contribution is 2.36. The highest BCUT2D eigenvalue weighted by Gasteiger charge is 2.44. The standard InChI is InChI=1S/C21H26N2O3/c1-24-18-7-5-17(6-8-18)14-23-11-3-9-21(16-23)12-20(15-25-21)26-19-4-2-10-22-13-19/h2,4-8,10,13,20H,3,9,11-12,14-16H2,1H3/t20-,21-/m0/s1. The number of benzene rings is 1. The van der Waals surface area contributed by atoms with Gasteiger partial charge in [0.2, 0.25) is 0 Å². The molecule has 1 aromatic heterocycles. The average molecular weight is 354 g/mol. The highest BCUT2D eigenvalue weighted by molar-refractivity contribution is 5.27. The summed E-state index contributed by atoms with van der Waals surface area (Å²) in [5.41, 5.74) is 1.24. The second kappa shape index (κ2) is 7.64. The van der Waals surface area contributed by atoms with Crippen molar-refractivity contribution in [3.8, 4) is 11.5 Å². The van der Waals surface area contributed by atoms with Crippen LogP contribution in [-0.2, 0) is 11.3 Å². The molecule has 26 heavy (non-hydrogen) atoms. The predicted molar refractivity (Wildman–Crippen MR) is 99.5 cm³/mol. The Morgan fingerprint density at radius 3 is 2.88 bits per heavy atom. The van der Waals surface area contributed by atoms with Crippen molar-refractivity contribution >= 4 is 0 Å². The first-order valence-electron chi connectivity index (χ1n) is 9.31. The number of pyridine rings is 1. The van der Waals surface area contributed by atoms with Crippen LogP contribution in [0.5, 0.6) is 11.5 Å². The number of aromatic nitrogens is 1. The van der Waals surface area contributed by atoms with E-state index in [1.54, 1.807) is 19.5 Å². The minimum absolute atomic E-state index is 0.0718. The van der Waals surface area contributed by atoms with Crippen LogP contribution in [0.15, 0.2) is 48.8 Å². The lowest BCUT2D eigenvalue weighted by atomic mass is 9.89. The Morgan fingerprint density at radius 2 is 2.12 bits per heavy atom. The molecule has 2 atom stereocenters. The number of rotatable bonds is 5. The summed E-state index contributed by atoms with van der Waals surface area (Å²) in [5.74, 6) is 1.72. The van der Waals surface area contributed by atoms with E-state index in [-0.39, 0.29) is 11.7 Å². The third kappa shape index (κ3) is 4.00. The lowest BCUT2D eigenvalue weighted by Gasteiger charge is -2.39. The Bertz CT molecular complexity index is 707. The maximum Gasteiger partial charge on any atom is 0.138 e. The van der Waals surface area contributed by atoms with Crippen LogP contribution in [0.25, 0.3) is 0 Å². The van der Waals surface area contributed by atoms with Crippen LogP contribution in [0.3, 0.4) is 0 Å². The van der Waals surface area contributed by atoms with Crippen LogP contribution in [0.4, 0.5) is 0 Å². The smallest absolute Gasteiger partial charge is 0.138 e. The van der Waals surface area contributed by atoms with Gasteiger partial charge in [0.05, 0.1) is 25.5 Å². The van der Waals surface area contributed by atoms with Gasteiger partial charge in [0.15, 0.2) is 0 Å². The SMILES string of the molecule is COc1ccc(CN2CCC[C@]3(C[C@H](Oc4cccnc4)CO3)C2)cc1. The van der Waals surface area contributed by atoms with E-state index >= 15 is 0 Å². The van der Waals surface area contributed by atoms with Gasteiger partial charge in [-0.2, -0.15) is 0 Å². The zero-order chi connectivity index (χ0) is 17.8. The molecule has 5 nitrogen and oxygen atoms in total. The number of nitrogens with zero attached hydrogens (tertiary/aromatic N) is 2. The fourth-order valence-corrected chi connectivity index (χ4v) is 4.09. The van der Waals surface area contributed by atoms with E-state index in [1.165, 1.54) is 5.56 Å². The molecule has 138 valence electrons. The number of piperidine rings is 1. The first-order valence-corrected chi connectivity index (χ1v) is 9.31. The third-order valence-electron chi connectivity index (χ3n) is 5.30. The van der Waals surface area contributed by atoms with Crippen molar-refractivity contribution in [1.29, 1.82) is 0 Å². The van der Waals surface area contributed by atoms with Gasteiger partial charge in [-0.05, 0) is 49.2 Å². The predicted octanol–water partition coefficient (Wildman–Crippen LogP) is 3.29. The fraction of sp³-hybridized carbons (Fsp3) is 0.476. The maximum absolute atomic E-state index is 6.26. The molecule has 0 saturated carbocycles. The summed E-state index contributed by atoms with van der Waals surface area (Å²) in [6, 6.07) is 12.2. The molecule has 2 aromatic rings. The van der Waals surface area contributed by atoms with Gasteiger partial charge in [0, 0.05) is 25.7 Å². The summed E-state index contributed by atoms with van der Waals surface area (Å²) in [6.07, 6.45) is 6.86. The Kier molecular flexibility index (Phi) is 5.09. The summed E-state index contributed by atoms with van der Waals surface area (Å²) < 4.78 is 17.6. The average Bonchev–Trinajstić information content (AvgIpc) is 3.05. The summed E-state index contributed by atoms with van der Waals surface area (Å²) >= 11 is 0. The van der Waals surface area contributed by atoms with Gasteiger partial charge < -0.3 is 14.2 Å². The van der Waals surface area contributed by atoms with E-state index in [2.05, 4.69) is 22.0 Å². The van der Waals surface area contributed by atoms with Crippen molar-refractivity contribution in [1.82, 2.24) is 9.88 Å². The minimum atomic E-state index is -0.0718. The zero-order valence-electron chi connectivity index (χ0n) is 15.3. The highest BCUT2D eigenvalue weighted by atomic mass is 16.6. The molecule has 1 aromatic carbocycles. The number of methoxy groups -OCH3 is 1.